The lowest BCUT2D eigenvalue weighted by Crippen LogP contribution is -2.34. The minimum absolute atomic E-state index is 0.0419. The minimum atomic E-state index is -0.424. The molecule has 5 heteroatoms. The van der Waals surface area contributed by atoms with Crippen molar-refractivity contribution in [3.63, 3.8) is 0 Å². The molecule has 1 aliphatic rings. The first-order valence-electron chi connectivity index (χ1n) is 6.15. The van der Waals surface area contributed by atoms with Crippen molar-refractivity contribution in [1.82, 2.24) is 0 Å². The van der Waals surface area contributed by atoms with Gasteiger partial charge >= 0.3 is 0 Å². The summed E-state index contributed by atoms with van der Waals surface area (Å²) in [6.07, 6.45) is 3.59. The highest BCUT2D eigenvalue weighted by molar-refractivity contribution is 8.14. The molecule has 1 heterocycles. The highest BCUT2D eigenvalue weighted by atomic mass is 32.2. The van der Waals surface area contributed by atoms with E-state index in [4.69, 9.17) is 5.73 Å². The van der Waals surface area contributed by atoms with Gasteiger partial charge in [0.15, 0.2) is 0 Å². The van der Waals surface area contributed by atoms with Crippen LogP contribution in [0.5, 0.6) is 0 Å². The molecule has 0 aliphatic carbocycles. The number of amidine groups is 1. The maximum absolute atomic E-state index is 12.0. The van der Waals surface area contributed by atoms with Gasteiger partial charge in [-0.15, -0.1) is 0 Å². The second kappa shape index (κ2) is 5.93. The first-order valence-corrected chi connectivity index (χ1v) is 7.03. The van der Waals surface area contributed by atoms with Crippen LogP contribution >= 0.6 is 11.8 Å². The number of benzene rings is 1. The van der Waals surface area contributed by atoms with E-state index in [1.165, 1.54) is 11.8 Å². The molecule has 0 bridgehead atoms. The molecule has 2 N–H and O–H groups in total. The number of hydrazone groups is 1. The Labute approximate surface area is 117 Å². The first-order chi connectivity index (χ1) is 9.08. The van der Waals surface area contributed by atoms with Gasteiger partial charge in [-0.05, 0) is 18.2 Å². The standard InChI is InChI=1S/C14H17N3OS/c1-10(2)19-14(18)12-8-9-17(16-13(12)15)11-6-4-3-5-7-11/h3-10,12H,1-2H3,(H2,15,16). The summed E-state index contributed by atoms with van der Waals surface area (Å²) >= 11 is 1.29. The second-order valence-electron chi connectivity index (χ2n) is 4.51. The Hall–Kier alpha value is -1.75. The summed E-state index contributed by atoms with van der Waals surface area (Å²) in [4.78, 5) is 12.0. The third kappa shape index (κ3) is 3.38. The molecule has 0 spiro atoms. The van der Waals surface area contributed by atoms with E-state index in [0.717, 1.165) is 5.69 Å². The van der Waals surface area contributed by atoms with Gasteiger partial charge in [0.1, 0.15) is 11.8 Å². The lowest BCUT2D eigenvalue weighted by atomic mass is 10.1. The zero-order valence-electron chi connectivity index (χ0n) is 11.0. The van der Waals surface area contributed by atoms with Crippen LogP contribution in [0.2, 0.25) is 0 Å². The lowest BCUT2D eigenvalue weighted by Gasteiger charge is -2.23. The number of para-hydroxylation sites is 1. The van der Waals surface area contributed by atoms with Crippen LogP contribution in [-0.4, -0.2) is 16.2 Å². The van der Waals surface area contributed by atoms with Crippen molar-refractivity contribution < 1.29 is 4.79 Å². The molecule has 0 saturated heterocycles. The number of hydrogen-bond donors (Lipinski definition) is 1. The summed E-state index contributed by atoms with van der Waals surface area (Å²) in [5, 5.41) is 6.24. The van der Waals surface area contributed by atoms with Crippen molar-refractivity contribution in [2.24, 2.45) is 16.8 Å². The number of rotatable bonds is 3. The highest BCUT2D eigenvalue weighted by Crippen LogP contribution is 2.23. The Bertz CT molecular complexity index is 511. The van der Waals surface area contributed by atoms with Gasteiger partial charge in [-0.25, -0.2) is 5.01 Å². The van der Waals surface area contributed by atoms with E-state index in [1.807, 2.05) is 44.2 Å². The van der Waals surface area contributed by atoms with Gasteiger partial charge in [0.05, 0.1) is 5.69 Å². The van der Waals surface area contributed by atoms with Crippen molar-refractivity contribution >= 4 is 28.4 Å². The highest BCUT2D eigenvalue weighted by Gasteiger charge is 2.25. The van der Waals surface area contributed by atoms with Gasteiger partial charge in [0.2, 0.25) is 5.12 Å². The molecule has 0 saturated carbocycles. The van der Waals surface area contributed by atoms with Crippen molar-refractivity contribution in [2.75, 3.05) is 5.01 Å². The summed E-state index contributed by atoms with van der Waals surface area (Å²) in [6, 6.07) is 9.68. The van der Waals surface area contributed by atoms with Crippen LogP contribution in [0.15, 0.2) is 47.7 Å². The van der Waals surface area contributed by atoms with Gasteiger partial charge < -0.3 is 5.73 Å². The number of carbonyl (C=O) groups excluding carboxylic acids is 1. The third-order valence-corrected chi connectivity index (χ3v) is 3.55. The molecule has 0 aromatic heterocycles. The van der Waals surface area contributed by atoms with E-state index in [2.05, 4.69) is 5.10 Å². The fourth-order valence-electron chi connectivity index (χ4n) is 1.72. The maximum atomic E-state index is 12.0. The summed E-state index contributed by atoms with van der Waals surface area (Å²) in [6.45, 7) is 3.97. The molecular weight excluding hydrogens is 258 g/mol. The van der Waals surface area contributed by atoms with E-state index < -0.39 is 5.92 Å². The van der Waals surface area contributed by atoms with Gasteiger partial charge in [-0.1, -0.05) is 43.8 Å². The van der Waals surface area contributed by atoms with Crippen LogP contribution in [-0.2, 0) is 4.79 Å². The number of nitrogens with two attached hydrogens (primary N) is 1. The van der Waals surface area contributed by atoms with E-state index in [1.54, 1.807) is 17.3 Å². The Kier molecular flexibility index (Phi) is 4.27. The average Bonchev–Trinajstić information content (AvgIpc) is 2.38. The molecule has 2 rings (SSSR count). The molecule has 0 amide bonds. The minimum Gasteiger partial charge on any atom is -0.385 e. The summed E-state index contributed by atoms with van der Waals surface area (Å²) in [5.41, 5.74) is 6.83. The predicted octanol–water partition coefficient (Wildman–Crippen LogP) is 2.58. The van der Waals surface area contributed by atoms with Crippen molar-refractivity contribution in [3.05, 3.63) is 42.6 Å². The van der Waals surface area contributed by atoms with Crippen LogP contribution < -0.4 is 10.7 Å². The van der Waals surface area contributed by atoms with Gasteiger partial charge in [-0.2, -0.15) is 5.10 Å². The Morgan fingerprint density at radius 3 is 2.63 bits per heavy atom. The van der Waals surface area contributed by atoms with Crippen LogP contribution in [0.3, 0.4) is 0 Å². The molecule has 0 radical (unpaired) electrons. The van der Waals surface area contributed by atoms with Crippen LogP contribution in [0.25, 0.3) is 0 Å². The van der Waals surface area contributed by atoms with Crippen LogP contribution in [0.1, 0.15) is 13.8 Å². The van der Waals surface area contributed by atoms with Gasteiger partial charge in [-0.3, -0.25) is 4.79 Å². The first kappa shape index (κ1) is 13.7. The number of hydrogen-bond acceptors (Lipinski definition) is 5. The molecule has 1 unspecified atom stereocenters. The Morgan fingerprint density at radius 1 is 1.37 bits per heavy atom. The normalized spacial score (nSPS) is 18.6. The van der Waals surface area contributed by atoms with Crippen molar-refractivity contribution in [3.8, 4) is 0 Å². The van der Waals surface area contributed by atoms with E-state index in [-0.39, 0.29) is 10.4 Å². The second-order valence-corrected chi connectivity index (χ2v) is 6.09. The van der Waals surface area contributed by atoms with E-state index in [0.29, 0.717) is 5.84 Å². The SMILES string of the molecule is CC(C)SC(=O)C1C=CN(c2ccccc2)N=C1N. The molecule has 4 nitrogen and oxygen atoms in total. The van der Waals surface area contributed by atoms with Crippen molar-refractivity contribution in [2.45, 2.75) is 19.1 Å². The van der Waals surface area contributed by atoms with Crippen LogP contribution in [0, 0.1) is 5.92 Å². The Balaban J connectivity index is 2.12. The summed E-state index contributed by atoms with van der Waals surface area (Å²) < 4.78 is 0. The molecule has 1 atom stereocenters. The topological polar surface area (TPSA) is 58.7 Å². The number of thioether (sulfide) groups is 1. The number of anilines is 1. The van der Waals surface area contributed by atoms with Crippen molar-refractivity contribution in [1.29, 1.82) is 0 Å². The van der Waals surface area contributed by atoms with E-state index >= 15 is 0 Å². The number of carbonyl (C=O) groups is 1. The fraction of sp³-hybridized carbons (Fsp3) is 0.286. The average molecular weight is 275 g/mol. The van der Waals surface area contributed by atoms with Crippen LogP contribution in [0.4, 0.5) is 5.69 Å². The quantitative estimate of drug-likeness (QED) is 0.921. The third-order valence-electron chi connectivity index (χ3n) is 2.59. The Morgan fingerprint density at radius 2 is 2.05 bits per heavy atom. The molecule has 1 aromatic carbocycles. The smallest absolute Gasteiger partial charge is 0.203 e. The fourth-order valence-corrected chi connectivity index (χ4v) is 2.53. The largest absolute Gasteiger partial charge is 0.385 e. The maximum Gasteiger partial charge on any atom is 0.203 e. The molecule has 0 fully saturated rings. The monoisotopic (exact) mass is 275 g/mol. The zero-order chi connectivity index (χ0) is 13.8. The van der Waals surface area contributed by atoms with Gasteiger partial charge in [0, 0.05) is 11.4 Å². The molecular formula is C14H17N3OS. The molecule has 1 aromatic rings. The number of nitrogens with zero attached hydrogens (tertiary/aromatic N) is 2. The predicted molar refractivity (Wildman–Crippen MR) is 80.9 cm³/mol. The molecule has 100 valence electrons. The summed E-state index contributed by atoms with van der Waals surface area (Å²) in [7, 11) is 0. The lowest BCUT2D eigenvalue weighted by molar-refractivity contribution is -0.111. The van der Waals surface area contributed by atoms with Gasteiger partial charge in [0.25, 0.3) is 0 Å². The summed E-state index contributed by atoms with van der Waals surface area (Å²) in [5.74, 6) is -0.0862. The zero-order valence-corrected chi connectivity index (χ0v) is 11.8. The van der Waals surface area contributed by atoms with E-state index in [9.17, 15) is 4.79 Å². The molecule has 1 aliphatic heterocycles. The molecule has 19 heavy (non-hydrogen) atoms.